The zero-order chi connectivity index (χ0) is 15.2. The van der Waals surface area contributed by atoms with E-state index in [1.54, 1.807) is 0 Å². The van der Waals surface area contributed by atoms with Crippen molar-refractivity contribution in [2.24, 2.45) is 0 Å². The van der Waals surface area contributed by atoms with Crippen molar-refractivity contribution in [1.82, 2.24) is 9.88 Å². The van der Waals surface area contributed by atoms with Crippen LogP contribution < -0.4 is 0 Å². The summed E-state index contributed by atoms with van der Waals surface area (Å²) in [7, 11) is 0. The molecule has 2 N–H and O–H groups in total. The van der Waals surface area contributed by atoms with Crippen LogP contribution in [0.5, 0.6) is 0 Å². The molecule has 112 valence electrons. The zero-order valence-electron chi connectivity index (χ0n) is 12.6. The summed E-state index contributed by atoms with van der Waals surface area (Å²) in [5, 5.41) is 9.20. The Labute approximate surface area is 125 Å². The number of benzene rings is 1. The number of aliphatic hydroxyl groups excluding tert-OH is 1. The molecule has 1 heterocycles. The van der Waals surface area contributed by atoms with Gasteiger partial charge in [-0.3, -0.25) is 9.69 Å². The van der Waals surface area contributed by atoms with Crippen molar-refractivity contribution in [3.63, 3.8) is 0 Å². The van der Waals surface area contributed by atoms with Crippen LogP contribution in [0.15, 0.2) is 36.4 Å². The molecule has 2 aromatic rings. The third-order valence-electron chi connectivity index (χ3n) is 3.48. The van der Waals surface area contributed by atoms with Gasteiger partial charge in [0.25, 0.3) is 0 Å². The first kappa shape index (κ1) is 15.5. The number of nitrogens with one attached hydrogen (secondary N) is 1. The first-order chi connectivity index (χ1) is 10.1. The number of ketones is 1. The molecule has 21 heavy (non-hydrogen) atoms. The van der Waals surface area contributed by atoms with Gasteiger partial charge in [-0.05, 0) is 25.5 Å². The quantitative estimate of drug-likeness (QED) is 0.768. The van der Waals surface area contributed by atoms with Gasteiger partial charge in [0.05, 0.1) is 13.2 Å². The van der Waals surface area contributed by atoms with Crippen LogP contribution in [-0.4, -0.2) is 40.5 Å². The molecule has 0 aliphatic heterocycles. The number of hydrogen-bond donors (Lipinski definition) is 2. The molecule has 0 atom stereocenters. The highest BCUT2D eigenvalue weighted by Gasteiger charge is 2.16. The lowest BCUT2D eigenvalue weighted by Crippen LogP contribution is -2.32. The highest BCUT2D eigenvalue weighted by molar-refractivity contribution is 5.98. The van der Waals surface area contributed by atoms with Crippen LogP contribution in [0.4, 0.5) is 0 Å². The van der Waals surface area contributed by atoms with Gasteiger partial charge < -0.3 is 10.1 Å². The Morgan fingerprint density at radius 3 is 2.52 bits per heavy atom. The van der Waals surface area contributed by atoms with Crippen molar-refractivity contribution >= 4 is 5.78 Å². The second kappa shape index (κ2) is 7.20. The molecule has 0 radical (unpaired) electrons. The van der Waals surface area contributed by atoms with Crippen LogP contribution in [0.1, 0.15) is 27.3 Å². The molecule has 1 aromatic heterocycles. The lowest BCUT2D eigenvalue weighted by Gasteiger charge is -2.20. The van der Waals surface area contributed by atoms with E-state index in [-0.39, 0.29) is 12.4 Å². The third-order valence-corrected chi connectivity index (χ3v) is 3.48. The van der Waals surface area contributed by atoms with Crippen molar-refractivity contribution < 1.29 is 9.90 Å². The highest BCUT2D eigenvalue weighted by atomic mass is 16.3. The number of aliphatic hydroxyl groups is 1. The molecule has 0 bridgehead atoms. The predicted octanol–water partition coefficient (Wildman–Crippen LogP) is 2.31. The van der Waals surface area contributed by atoms with Crippen LogP contribution in [0, 0.1) is 13.8 Å². The van der Waals surface area contributed by atoms with Gasteiger partial charge in [-0.2, -0.15) is 0 Å². The zero-order valence-corrected chi connectivity index (χ0v) is 12.6. The van der Waals surface area contributed by atoms with Crippen LogP contribution in [0.25, 0.3) is 0 Å². The van der Waals surface area contributed by atoms with Gasteiger partial charge in [0.1, 0.15) is 0 Å². The average molecular weight is 286 g/mol. The number of aromatic amines is 1. The number of aryl methyl sites for hydroxylation is 2. The Morgan fingerprint density at radius 2 is 1.95 bits per heavy atom. The molecule has 0 unspecified atom stereocenters. The van der Waals surface area contributed by atoms with Gasteiger partial charge >= 0.3 is 0 Å². The van der Waals surface area contributed by atoms with E-state index in [0.717, 1.165) is 22.5 Å². The normalized spacial score (nSPS) is 11.0. The van der Waals surface area contributed by atoms with E-state index in [4.69, 9.17) is 0 Å². The van der Waals surface area contributed by atoms with E-state index in [1.807, 2.05) is 55.1 Å². The molecule has 2 rings (SSSR count). The van der Waals surface area contributed by atoms with Gasteiger partial charge in [0.2, 0.25) is 0 Å². The van der Waals surface area contributed by atoms with E-state index in [9.17, 15) is 9.90 Å². The van der Waals surface area contributed by atoms with Crippen LogP contribution in [0.3, 0.4) is 0 Å². The van der Waals surface area contributed by atoms with E-state index in [0.29, 0.717) is 19.6 Å². The fraction of sp³-hybridized carbons (Fsp3) is 0.353. The maximum atomic E-state index is 12.4. The average Bonchev–Trinajstić information content (AvgIpc) is 2.79. The Bertz CT molecular complexity index is 590. The summed E-state index contributed by atoms with van der Waals surface area (Å²) in [6, 6.07) is 11.9. The SMILES string of the molecule is Cc1cc(C(=O)CN(CCO)Cc2ccccc2)c(C)[nH]1. The second-order valence-electron chi connectivity index (χ2n) is 5.33. The van der Waals surface area contributed by atoms with Crippen molar-refractivity contribution in [2.45, 2.75) is 20.4 Å². The minimum atomic E-state index is 0.0469. The minimum Gasteiger partial charge on any atom is -0.395 e. The molecular weight excluding hydrogens is 264 g/mol. The van der Waals surface area contributed by atoms with Gasteiger partial charge in [-0.25, -0.2) is 0 Å². The standard InChI is InChI=1S/C17H22N2O2/c1-13-10-16(14(2)18-13)17(21)12-19(8-9-20)11-15-6-4-3-5-7-15/h3-7,10,18,20H,8-9,11-12H2,1-2H3. The number of rotatable bonds is 7. The summed E-state index contributed by atoms with van der Waals surface area (Å²) in [4.78, 5) is 17.5. The lowest BCUT2D eigenvalue weighted by molar-refractivity contribution is 0.0908. The first-order valence-electron chi connectivity index (χ1n) is 7.16. The van der Waals surface area contributed by atoms with E-state index >= 15 is 0 Å². The number of aromatic nitrogens is 1. The van der Waals surface area contributed by atoms with Crippen molar-refractivity contribution in [3.05, 3.63) is 58.9 Å². The van der Waals surface area contributed by atoms with E-state index in [2.05, 4.69) is 4.98 Å². The van der Waals surface area contributed by atoms with Crippen LogP contribution in [-0.2, 0) is 6.54 Å². The van der Waals surface area contributed by atoms with Crippen molar-refractivity contribution in [2.75, 3.05) is 19.7 Å². The molecule has 0 fully saturated rings. The second-order valence-corrected chi connectivity index (χ2v) is 5.33. The molecule has 0 aliphatic carbocycles. The third kappa shape index (κ3) is 4.28. The summed E-state index contributed by atoms with van der Waals surface area (Å²) in [5.74, 6) is 0.0845. The fourth-order valence-electron chi connectivity index (χ4n) is 2.50. The fourth-order valence-corrected chi connectivity index (χ4v) is 2.50. The van der Waals surface area contributed by atoms with E-state index < -0.39 is 0 Å². The highest BCUT2D eigenvalue weighted by Crippen LogP contribution is 2.12. The summed E-state index contributed by atoms with van der Waals surface area (Å²) < 4.78 is 0. The molecule has 4 nitrogen and oxygen atoms in total. The van der Waals surface area contributed by atoms with Gasteiger partial charge in [-0.1, -0.05) is 30.3 Å². The summed E-state index contributed by atoms with van der Waals surface area (Å²) >= 11 is 0. The van der Waals surface area contributed by atoms with Gasteiger partial charge in [0, 0.05) is 30.0 Å². The Morgan fingerprint density at radius 1 is 1.24 bits per heavy atom. The lowest BCUT2D eigenvalue weighted by atomic mass is 10.1. The summed E-state index contributed by atoms with van der Waals surface area (Å²) in [6.45, 7) is 5.37. The number of nitrogens with zero attached hydrogens (tertiary/aromatic N) is 1. The Balaban J connectivity index is 2.05. The van der Waals surface area contributed by atoms with Gasteiger partial charge in [0.15, 0.2) is 5.78 Å². The molecule has 0 saturated heterocycles. The molecular formula is C17H22N2O2. The number of hydrogen-bond acceptors (Lipinski definition) is 3. The molecule has 0 aliphatic rings. The summed E-state index contributed by atoms with van der Waals surface area (Å²) in [5.41, 5.74) is 3.78. The number of H-pyrrole nitrogens is 1. The van der Waals surface area contributed by atoms with Crippen molar-refractivity contribution in [3.8, 4) is 0 Å². The maximum Gasteiger partial charge on any atom is 0.178 e. The molecule has 0 amide bonds. The van der Waals surface area contributed by atoms with Crippen LogP contribution in [0.2, 0.25) is 0 Å². The largest absolute Gasteiger partial charge is 0.395 e. The van der Waals surface area contributed by atoms with Crippen LogP contribution >= 0.6 is 0 Å². The smallest absolute Gasteiger partial charge is 0.178 e. The first-order valence-corrected chi connectivity index (χ1v) is 7.16. The Kier molecular flexibility index (Phi) is 5.31. The molecule has 0 spiro atoms. The molecule has 1 aromatic carbocycles. The number of carbonyl (C=O) groups is 1. The predicted molar refractivity (Wildman–Crippen MR) is 83.4 cm³/mol. The minimum absolute atomic E-state index is 0.0469. The molecule has 4 heteroatoms. The maximum absolute atomic E-state index is 12.4. The van der Waals surface area contributed by atoms with Crippen molar-refractivity contribution in [1.29, 1.82) is 0 Å². The Hall–Kier alpha value is -1.91. The summed E-state index contributed by atoms with van der Waals surface area (Å²) in [6.07, 6.45) is 0. The van der Waals surface area contributed by atoms with Gasteiger partial charge in [-0.15, -0.1) is 0 Å². The monoisotopic (exact) mass is 286 g/mol. The number of Topliss-reactive ketones (excluding diaryl/α,β-unsaturated/α-hetero) is 1. The molecule has 0 saturated carbocycles. The topological polar surface area (TPSA) is 56.3 Å². The van der Waals surface area contributed by atoms with E-state index in [1.165, 1.54) is 0 Å². The number of carbonyl (C=O) groups excluding carboxylic acids is 1.